The van der Waals surface area contributed by atoms with E-state index in [2.05, 4.69) is 10.1 Å². The van der Waals surface area contributed by atoms with Crippen LogP contribution in [-0.4, -0.2) is 10.1 Å². The molecule has 4 N–H and O–H groups in total. The molecule has 21 heavy (non-hydrogen) atoms. The van der Waals surface area contributed by atoms with Gasteiger partial charge in [-0.05, 0) is 42.8 Å². The third-order valence-electron chi connectivity index (χ3n) is 3.09. The predicted octanol–water partition coefficient (Wildman–Crippen LogP) is 3.02. The summed E-state index contributed by atoms with van der Waals surface area (Å²) in [4.78, 5) is 4.28. The average Bonchev–Trinajstić information content (AvgIpc) is 2.90. The first-order valence-electron chi connectivity index (χ1n) is 6.29. The molecule has 0 radical (unpaired) electrons. The highest BCUT2D eigenvalue weighted by atomic mass is 19.1. The molecule has 5 nitrogen and oxygen atoms in total. The number of rotatable bonds is 2. The van der Waals surface area contributed by atoms with Gasteiger partial charge in [-0.3, -0.25) is 0 Å². The fourth-order valence-corrected chi connectivity index (χ4v) is 2.09. The summed E-state index contributed by atoms with van der Waals surface area (Å²) < 4.78 is 18.6. The molecule has 0 atom stereocenters. The van der Waals surface area contributed by atoms with Gasteiger partial charge >= 0.3 is 0 Å². The van der Waals surface area contributed by atoms with Crippen molar-refractivity contribution in [3.05, 3.63) is 47.8 Å². The van der Waals surface area contributed by atoms with Crippen LogP contribution in [0.3, 0.4) is 0 Å². The van der Waals surface area contributed by atoms with E-state index in [-0.39, 0.29) is 11.7 Å². The Morgan fingerprint density at radius 3 is 2.48 bits per heavy atom. The van der Waals surface area contributed by atoms with Crippen molar-refractivity contribution in [2.24, 2.45) is 0 Å². The molecular formula is C15H13FN4O. The molecular weight excluding hydrogens is 271 g/mol. The molecule has 0 aliphatic rings. The molecule has 0 bridgehead atoms. The van der Waals surface area contributed by atoms with Gasteiger partial charge in [0, 0.05) is 22.5 Å². The summed E-state index contributed by atoms with van der Waals surface area (Å²) in [6, 6.07) is 9.44. The lowest BCUT2D eigenvalue weighted by molar-refractivity contribution is 0.432. The number of benzene rings is 2. The van der Waals surface area contributed by atoms with Crippen LogP contribution in [0.2, 0.25) is 0 Å². The van der Waals surface area contributed by atoms with Gasteiger partial charge in [-0.15, -0.1) is 0 Å². The van der Waals surface area contributed by atoms with E-state index in [4.69, 9.17) is 16.0 Å². The zero-order valence-corrected chi connectivity index (χ0v) is 11.3. The molecule has 106 valence electrons. The molecule has 0 spiro atoms. The monoisotopic (exact) mass is 284 g/mol. The van der Waals surface area contributed by atoms with Gasteiger partial charge < -0.3 is 16.0 Å². The number of halogens is 1. The van der Waals surface area contributed by atoms with Crippen LogP contribution in [-0.2, 0) is 0 Å². The van der Waals surface area contributed by atoms with Gasteiger partial charge in [0.15, 0.2) is 0 Å². The SMILES string of the molecule is Cc1ccc(F)cc1-c1noc(-c2cc(N)cc(N)c2)n1. The van der Waals surface area contributed by atoms with E-state index in [1.54, 1.807) is 24.3 Å². The topological polar surface area (TPSA) is 91.0 Å². The van der Waals surface area contributed by atoms with Gasteiger partial charge in [0.1, 0.15) is 5.82 Å². The second kappa shape index (κ2) is 4.90. The van der Waals surface area contributed by atoms with Gasteiger partial charge in [0.05, 0.1) is 0 Å². The molecule has 1 heterocycles. The lowest BCUT2D eigenvalue weighted by Crippen LogP contribution is -1.91. The smallest absolute Gasteiger partial charge is 0.258 e. The van der Waals surface area contributed by atoms with E-state index in [1.807, 2.05) is 6.92 Å². The van der Waals surface area contributed by atoms with Gasteiger partial charge in [0.2, 0.25) is 5.82 Å². The third kappa shape index (κ3) is 2.55. The largest absolute Gasteiger partial charge is 0.399 e. The first kappa shape index (κ1) is 13.1. The molecule has 3 aromatic rings. The van der Waals surface area contributed by atoms with Crippen LogP contribution < -0.4 is 11.5 Å². The van der Waals surface area contributed by atoms with E-state index in [1.165, 1.54) is 12.1 Å². The second-order valence-electron chi connectivity index (χ2n) is 4.77. The highest BCUT2D eigenvalue weighted by Crippen LogP contribution is 2.27. The van der Waals surface area contributed by atoms with Crippen molar-refractivity contribution in [3.63, 3.8) is 0 Å². The van der Waals surface area contributed by atoms with Crippen LogP contribution >= 0.6 is 0 Å². The van der Waals surface area contributed by atoms with E-state index in [9.17, 15) is 4.39 Å². The molecule has 0 fully saturated rings. The number of nitrogens with zero attached hydrogens (tertiary/aromatic N) is 2. The Labute approximate surface area is 120 Å². The predicted molar refractivity (Wildman–Crippen MR) is 78.7 cm³/mol. The number of hydrogen-bond acceptors (Lipinski definition) is 5. The summed E-state index contributed by atoms with van der Waals surface area (Å²) in [6.45, 7) is 1.85. The zero-order valence-electron chi connectivity index (χ0n) is 11.3. The van der Waals surface area contributed by atoms with Crippen molar-refractivity contribution in [2.45, 2.75) is 6.92 Å². The summed E-state index contributed by atoms with van der Waals surface area (Å²) in [5, 5.41) is 3.89. The molecule has 0 saturated heterocycles. The molecule has 3 rings (SSSR count). The van der Waals surface area contributed by atoms with E-state index < -0.39 is 0 Å². The Morgan fingerprint density at radius 1 is 1.05 bits per heavy atom. The Morgan fingerprint density at radius 2 is 1.76 bits per heavy atom. The minimum Gasteiger partial charge on any atom is -0.399 e. The molecule has 2 aromatic carbocycles. The van der Waals surface area contributed by atoms with Crippen molar-refractivity contribution in [3.8, 4) is 22.8 Å². The van der Waals surface area contributed by atoms with E-state index >= 15 is 0 Å². The van der Waals surface area contributed by atoms with Crippen molar-refractivity contribution in [1.29, 1.82) is 0 Å². The maximum Gasteiger partial charge on any atom is 0.258 e. The number of nitrogen functional groups attached to an aromatic ring is 2. The van der Waals surface area contributed by atoms with Crippen LogP contribution in [0.4, 0.5) is 15.8 Å². The van der Waals surface area contributed by atoms with Crippen LogP contribution in [0.5, 0.6) is 0 Å². The lowest BCUT2D eigenvalue weighted by atomic mass is 10.1. The first-order valence-corrected chi connectivity index (χ1v) is 6.29. The standard InChI is InChI=1S/C15H13FN4O/c1-8-2-3-10(16)6-13(8)14-19-15(21-20-14)9-4-11(17)7-12(18)5-9/h2-7H,17-18H2,1H3. The molecule has 1 aromatic heterocycles. The number of aromatic nitrogens is 2. The first-order chi connectivity index (χ1) is 10.0. The average molecular weight is 284 g/mol. The minimum absolute atomic E-state index is 0.285. The van der Waals surface area contributed by atoms with Gasteiger partial charge in [-0.1, -0.05) is 11.2 Å². The van der Waals surface area contributed by atoms with Gasteiger partial charge in [0.25, 0.3) is 5.89 Å². The highest BCUT2D eigenvalue weighted by molar-refractivity contribution is 5.69. The maximum atomic E-state index is 13.3. The second-order valence-corrected chi connectivity index (χ2v) is 4.77. The van der Waals surface area contributed by atoms with Crippen LogP contribution in [0.25, 0.3) is 22.8 Å². The Bertz CT molecular complexity index is 793. The summed E-state index contributed by atoms with van der Waals surface area (Å²) in [7, 11) is 0. The number of nitrogens with two attached hydrogens (primary N) is 2. The lowest BCUT2D eigenvalue weighted by Gasteiger charge is -2.00. The minimum atomic E-state index is -0.352. The number of aryl methyl sites for hydroxylation is 1. The van der Waals surface area contributed by atoms with E-state index in [0.717, 1.165) is 5.56 Å². The number of hydrogen-bond donors (Lipinski definition) is 2. The van der Waals surface area contributed by atoms with Gasteiger partial charge in [-0.2, -0.15) is 4.98 Å². The van der Waals surface area contributed by atoms with E-state index in [0.29, 0.717) is 28.3 Å². The Hall–Kier alpha value is -2.89. The van der Waals surface area contributed by atoms with Crippen molar-refractivity contribution >= 4 is 11.4 Å². The van der Waals surface area contributed by atoms with Crippen molar-refractivity contribution in [2.75, 3.05) is 11.5 Å². The van der Waals surface area contributed by atoms with Crippen LogP contribution in [0.15, 0.2) is 40.9 Å². The molecule has 0 saturated carbocycles. The maximum absolute atomic E-state index is 13.3. The Balaban J connectivity index is 2.05. The fraction of sp³-hybridized carbons (Fsp3) is 0.0667. The summed E-state index contributed by atoms with van der Waals surface area (Å²) in [6.07, 6.45) is 0. The van der Waals surface area contributed by atoms with Crippen LogP contribution in [0.1, 0.15) is 5.56 Å². The number of anilines is 2. The zero-order chi connectivity index (χ0) is 15.0. The van der Waals surface area contributed by atoms with Gasteiger partial charge in [-0.25, -0.2) is 4.39 Å². The molecule has 0 unspecified atom stereocenters. The van der Waals surface area contributed by atoms with Crippen LogP contribution in [0, 0.1) is 12.7 Å². The third-order valence-corrected chi connectivity index (χ3v) is 3.09. The Kier molecular flexibility index (Phi) is 3.06. The quantitative estimate of drug-likeness (QED) is 0.706. The van der Waals surface area contributed by atoms with Crippen molar-refractivity contribution in [1.82, 2.24) is 10.1 Å². The molecule has 0 amide bonds. The molecule has 0 aliphatic heterocycles. The fourth-order valence-electron chi connectivity index (χ4n) is 2.09. The summed E-state index contributed by atoms with van der Waals surface area (Å²) >= 11 is 0. The van der Waals surface area contributed by atoms with Crippen molar-refractivity contribution < 1.29 is 8.91 Å². The summed E-state index contributed by atoms with van der Waals surface area (Å²) in [5.41, 5.74) is 14.6. The molecule has 6 heteroatoms. The normalized spacial score (nSPS) is 10.8. The molecule has 0 aliphatic carbocycles. The summed E-state index contributed by atoms with van der Waals surface area (Å²) in [5.74, 6) is 0.255. The highest BCUT2D eigenvalue weighted by Gasteiger charge is 2.13.